The fourth-order valence-corrected chi connectivity index (χ4v) is 5.90. The third-order valence-corrected chi connectivity index (χ3v) is 8.07. The predicted molar refractivity (Wildman–Crippen MR) is 147 cm³/mol. The average Bonchev–Trinajstić information content (AvgIpc) is 2.90. The molecule has 2 aliphatic rings. The van der Waals surface area contributed by atoms with Gasteiger partial charge >= 0.3 is 5.97 Å². The Balaban J connectivity index is 1.75. The van der Waals surface area contributed by atoms with Crippen molar-refractivity contribution in [2.24, 2.45) is 0 Å². The molecule has 1 aliphatic heterocycles. The summed E-state index contributed by atoms with van der Waals surface area (Å²) < 4.78 is 31.6. The van der Waals surface area contributed by atoms with E-state index >= 15 is 4.39 Å². The maximum atomic E-state index is 15.3. The normalized spacial score (nSPS) is 19.2. The molecule has 0 aromatic heterocycles. The first-order chi connectivity index (χ1) is 18.3. The van der Waals surface area contributed by atoms with E-state index in [1.165, 1.54) is 12.1 Å². The van der Waals surface area contributed by atoms with Gasteiger partial charge in [-0.15, -0.1) is 0 Å². The number of allylic oxidation sites excluding steroid dienone is 3. The van der Waals surface area contributed by atoms with E-state index in [4.69, 9.17) is 25.8 Å². The Labute approximate surface area is 231 Å². The second-order valence-electron chi connectivity index (χ2n) is 9.10. The minimum absolute atomic E-state index is 0.107. The molecule has 0 amide bonds. The van der Waals surface area contributed by atoms with Gasteiger partial charge in [0.2, 0.25) is 0 Å². The highest BCUT2D eigenvalue weighted by Crippen LogP contribution is 2.48. The van der Waals surface area contributed by atoms with E-state index in [2.05, 4.69) is 5.32 Å². The Morgan fingerprint density at radius 2 is 1.92 bits per heavy atom. The molecule has 1 N–H and O–H groups in total. The number of benzene rings is 2. The lowest BCUT2D eigenvalue weighted by molar-refractivity contribution is -0.138. The van der Waals surface area contributed by atoms with E-state index < -0.39 is 17.7 Å². The minimum atomic E-state index is -0.967. The number of methoxy groups -OCH3 is 2. The third kappa shape index (κ3) is 5.57. The number of hydrogen-bond donors (Lipinski definition) is 1. The molecule has 0 radical (unpaired) electrons. The zero-order valence-corrected chi connectivity index (χ0v) is 23.4. The smallest absolute Gasteiger partial charge is 0.336 e. The summed E-state index contributed by atoms with van der Waals surface area (Å²) in [4.78, 5) is 27.1. The molecule has 0 saturated carbocycles. The highest BCUT2D eigenvalue weighted by Gasteiger charge is 2.43. The second-order valence-corrected chi connectivity index (χ2v) is 10.9. The average molecular weight is 560 g/mol. The molecule has 0 fully saturated rings. The van der Waals surface area contributed by atoms with Gasteiger partial charge in [-0.3, -0.25) is 4.79 Å². The van der Waals surface area contributed by atoms with E-state index in [-0.39, 0.29) is 40.9 Å². The van der Waals surface area contributed by atoms with E-state index in [1.807, 2.05) is 25.1 Å². The van der Waals surface area contributed by atoms with E-state index in [0.717, 1.165) is 11.3 Å². The molecule has 9 heteroatoms. The summed E-state index contributed by atoms with van der Waals surface area (Å²) in [6, 6.07) is 9.96. The van der Waals surface area contributed by atoms with Crippen molar-refractivity contribution in [3.05, 3.63) is 80.9 Å². The summed E-state index contributed by atoms with van der Waals surface area (Å²) >= 11 is 8.14. The maximum absolute atomic E-state index is 15.3. The highest BCUT2D eigenvalue weighted by atomic mass is 35.5. The van der Waals surface area contributed by atoms with Crippen LogP contribution in [0.3, 0.4) is 0 Å². The number of thioether (sulfide) groups is 1. The van der Waals surface area contributed by atoms with Crippen molar-refractivity contribution in [1.82, 2.24) is 5.32 Å². The van der Waals surface area contributed by atoms with Gasteiger partial charge in [0, 0.05) is 39.7 Å². The number of carbonyl (C=O) groups is 2. The first kappa shape index (κ1) is 28.0. The van der Waals surface area contributed by atoms with Crippen molar-refractivity contribution in [2.45, 2.75) is 38.5 Å². The summed E-state index contributed by atoms with van der Waals surface area (Å²) in [6.45, 7) is 3.99. The number of halogens is 2. The van der Waals surface area contributed by atoms with Crippen LogP contribution in [0, 0.1) is 5.82 Å². The molecule has 38 heavy (non-hydrogen) atoms. The Kier molecular flexibility index (Phi) is 9.05. The molecular formula is C29H31ClFNO5S. The van der Waals surface area contributed by atoms with Gasteiger partial charge in [0.05, 0.1) is 25.7 Å². The Bertz CT molecular complexity index is 1290. The monoisotopic (exact) mass is 559 g/mol. The number of hydrogen-bond acceptors (Lipinski definition) is 7. The lowest BCUT2D eigenvalue weighted by atomic mass is 9.71. The molecule has 0 saturated heterocycles. The third-order valence-electron chi connectivity index (χ3n) is 6.88. The van der Waals surface area contributed by atoms with Crippen LogP contribution in [0.1, 0.15) is 49.7 Å². The van der Waals surface area contributed by atoms with Crippen LogP contribution >= 0.6 is 23.4 Å². The lowest BCUT2D eigenvalue weighted by Gasteiger charge is -2.37. The molecule has 2 unspecified atom stereocenters. The number of esters is 1. The van der Waals surface area contributed by atoms with Crippen LogP contribution in [-0.2, 0) is 14.3 Å². The van der Waals surface area contributed by atoms with Gasteiger partial charge in [0.1, 0.15) is 12.4 Å². The first-order valence-electron chi connectivity index (χ1n) is 12.4. The number of nitrogens with one attached hydrogen (secondary N) is 1. The zero-order valence-electron chi connectivity index (χ0n) is 21.9. The summed E-state index contributed by atoms with van der Waals surface area (Å²) in [7, 11) is 3.13. The number of carbonyl (C=O) groups excluding carboxylic acids is 2. The molecular weight excluding hydrogens is 529 g/mol. The topological polar surface area (TPSA) is 73.9 Å². The van der Waals surface area contributed by atoms with Crippen LogP contribution in [0.25, 0.3) is 0 Å². The Morgan fingerprint density at radius 1 is 1.16 bits per heavy atom. The predicted octanol–water partition coefficient (Wildman–Crippen LogP) is 6.15. The van der Waals surface area contributed by atoms with Gasteiger partial charge < -0.3 is 19.5 Å². The maximum Gasteiger partial charge on any atom is 0.336 e. The summed E-state index contributed by atoms with van der Waals surface area (Å²) in [5, 5.41) is 3.43. The standard InChI is InChI=1S/C29H31ClFNO5S/c1-5-38-12-11-37-29(34)25-16(2)32-21-13-18(17-9-10-23(35-3)24(15-17)36-4)14-22(33)27(21)28(25)26-19(30)7-6-8-20(26)31/h6-10,15,18,28,32H,5,11-14H2,1-4H3. The molecule has 1 heterocycles. The number of ether oxygens (including phenoxy) is 3. The second kappa shape index (κ2) is 12.3. The molecule has 2 aromatic carbocycles. The number of rotatable bonds is 9. The summed E-state index contributed by atoms with van der Waals surface area (Å²) in [6.07, 6.45) is 0.680. The molecule has 4 rings (SSSR count). The van der Waals surface area contributed by atoms with Crippen molar-refractivity contribution in [2.75, 3.05) is 32.3 Å². The lowest BCUT2D eigenvalue weighted by Crippen LogP contribution is -2.36. The number of dihydropyridines is 1. The van der Waals surface area contributed by atoms with Crippen molar-refractivity contribution in [3.63, 3.8) is 0 Å². The Morgan fingerprint density at radius 3 is 2.61 bits per heavy atom. The molecule has 2 atom stereocenters. The van der Waals surface area contributed by atoms with Crippen LogP contribution in [0.15, 0.2) is 58.9 Å². The summed E-state index contributed by atoms with van der Waals surface area (Å²) in [5.41, 5.74) is 2.76. The zero-order chi connectivity index (χ0) is 27.4. The first-order valence-corrected chi connectivity index (χ1v) is 14.0. The van der Waals surface area contributed by atoms with Crippen molar-refractivity contribution >= 4 is 35.1 Å². The van der Waals surface area contributed by atoms with Gasteiger partial charge in [0.15, 0.2) is 17.3 Å². The molecule has 0 bridgehead atoms. The highest BCUT2D eigenvalue weighted by molar-refractivity contribution is 7.99. The van der Waals surface area contributed by atoms with Crippen LogP contribution in [0.5, 0.6) is 11.5 Å². The summed E-state index contributed by atoms with van der Waals surface area (Å²) in [5.74, 6) is 0.274. The fraction of sp³-hybridized carbons (Fsp3) is 0.379. The van der Waals surface area contributed by atoms with Crippen molar-refractivity contribution in [1.29, 1.82) is 0 Å². The van der Waals surface area contributed by atoms with Crippen LogP contribution < -0.4 is 14.8 Å². The largest absolute Gasteiger partial charge is 0.493 e. The quantitative estimate of drug-likeness (QED) is 0.291. The van der Waals surface area contributed by atoms with E-state index in [1.54, 1.807) is 39.0 Å². The minimum Gasteiger partial charge on any atom is -0.493 e. The van der Waals surface area contributed by atoms with Crippen LogP contribution in [0.4, 0.5) is 4.39 Å². The van der Waals surface area contributed by atoms with Gasteiger partial charge in [-0.1, -0.05) is 30.7 Å². The Hall–Kier alpha value is -2.97. The van der Waals surface area contributed by atoms with E-state index in [9.17, 15) is 9.59 Å². The number of Topliss-reactive ketones (excluding diaryl/α,β-unsaturated/α-hetero) is 1. The van der Waals surface area contributed by atoms with Gasteiger partial charge in [-0.2, -0.15) is 11.8 Å². The molecule has 6 nitrogen and oxygen atoms in total. The molecule has 1 aliphatic carbocycles. The molecule has 202 valence electrons. The fourth-order valence-electron chi connectivity index (χ4n) is 5.14. The van der Waals surface area contributed by atoms with Gasteiger partial charge in [-0.25, -0.2) is 9.18 Å². The van der Waals surface area contributed by atoms with Crippen molar-refractivity contribution < 1.29 is 28.2 Å². The van der Waals surface area contributed by atoms with Crippen LogP contribution in [-0.4, -0.2) is 44.1 Å². The van der Waals surface area contributed by atoms with Crippen LogP contribution in [0.2, 0.25) is 5.02 Å². The van der Waals surface area contributed by atoms with Gasteiger partial charge in [0.25, 0.3) is 0 Å². The van der Waals surface area contributed by atoms with E-state index in [0.29, 0.717) is 40.6 Å². The SMILES string of the molecule is CCSCCOC(=O)C1=C(C)NC2=C(C(=O)CC(c3ccc(OC)c(OC)c3)C2)C1c1c(F)cccc1Cl. The van der Waals surface area contributed by atoms with Gasteiger partial charge in [-0.05, 0) is 54.8 Å². The molecule has 0 spiro atoms. The van der Waals surface area contributed by atoms with Crippen molar-refractivity contribution in [3.8, 4) is 11.5 Å². The number of ketones is 1. The molecule has 2 aromatic rings.